The van der Waals surface area contributed by atoms with Gasteiger partial charge in [0.15, 0.2) is 0 Å². The molecule has 0 aliphatic rings. The SMILES string of the molecule is CCC(C)Cn1ncsc1=O. The van der Waals surface area contributed by atoms with Crippen molar-refractivity contribution in [1.29, 1.82) is 0 Å². The van der Waals surface area contributed by atoms with Gasteiger partial charge in [0.05, 0.1) is 0 Å². The van der Waals surface area contributed by atoms with E-state index in [0.717, 1.165) is 24.3 Å². The van der Waals surface area contributed by atoms with Gasteiger partial charge in [0, 0.05) is 6.54 Å². The second-order valence-electron chi connectivity index (χ2n) is 2.70. The van der Waals surface area contributed by atoms with Gasteiger partial charge in [0.1, 0.15) is 5.51 Å². The van der Waals surface area contributed by atoms with Gasteiger partial charge in [-0.15, -0.1) is 0 Å². The first-order valence-electron chi connectivity index (χ1n) is 3.74. The summed E-state index contributed by atoms with van der Waals surface area (Å²) in [6.07, 6.45) is 1.09. The molecule has 0 aliphatic heterocycles. The molecule has 1 unspecified atom stereocenters. The Morgan fingerprint density at radius 1 is 1.82 bits per heavy atom. The maximum absolute atomic E-state index is 11.0. The quantitative estimate of drug-likeness (QED) is 0.689. The molecule has 0 saturated heterocycles. The molecule has 0 fully saturated rings. The van der Waals surface area contributed by atoms with E-state index in [1.54, 1.807) is 5.51 Å². The molecule has 4 heteroatoms. The Balaban J connectivity index is 2.64. The first-order chi connectivity index (χ1) is 5.24. The van der Waals surface area contributed by atoms with Gasteiger partial charge in [-0.25, -0.2) is 4.68 Å². The molecule has 0 bridgehead atoms. The van der Waals surface area contributed by atoms with E-state index in [0.29, 0.717) is 5.92 Å². The summed E-state index contributed by atoms with van der Waals surface area (Å²) in [6.45, 7) is 4.98. The molecular formula is C7H12N2OS. The van der Waals surface area contributed by atoms with Gasteiger partial charge < -0.3 is 0 Å². The van der Waals surface area contributed by atoms with Crippen molar-refractivity contribution in [2.75, 3.05) is 0 Å². The summed E-state index contributed by atoms with van der Waals surface area (Å²) in [6, 6.07) is 0. The fraction of sp³-hybridized carbons (Fsp3) is 0.714. The van der Waals surface area contributed by atoms with Crippen LogP contribution >= 0.6 is 11.3 Å². The normalized spacial score (nSPS) is 13.3. The highest BCUT2D eigenvalue weighted by molar-refractivity contribution is 7.06. The van der Waals surface area contributed by atoms with Crippen LogP contribution in [0, 0.1) is 5.92 Å². The largest absolute Gasteiger partial charge is 0.324 e. The second-order valence-corrected chi connectivity index (χ2v) is 3.50. The Morgan fingerprint density at radius 2 is 2.55 bits per heavy atom. The average Bonchev–Trinajstić information content (AvgIpc) is 2.37. The van der Waals surface area contributed by atoms with E-state index in [1.165, 1.54) is 4.68 Å². The lowest BCUT2D eigenvalue weighted by molar-refractivity contribution is 0.432. The summed E-state index contributed by atoms with van der Waals surface area (Å²) >= 11 is 1.15. The maximum Gasteiger partial charge on any atom is 0.324 e. The lowest BCUT2D eigenvalue weighted by Gasteiger charge is -2.05. The lowest BCUT2D eigenvalue weighted by Crippen LogP contribution is -2.18. The van der Waals surface area contributed by atoms with Crippen molar-refractivity contribution in [3.8, 4) is 0 Å². The first-order valence-corrected chi connectivity index (χ1v) is 4.62. The average molecular weight is 172 g/mol. The second kappa shape index (κ2) is 3.67. The fourth-order valence-corrected chi connectivity index (χ4v) is 1.27. The smallest absolute Gasteiger partial charge is 0.255 e. The summed E-state index contributed by atoms with van der Waals surface area (Å²) in [4.78, 5) is 11.0. The molecule has 0 N–H and O–H groups in total. The van der Waals surface area contributed by atoms with Gasteiger partial charge in [-0.1, -0.05) is 31.6 Å². The third-order valence-corrected chi connectivity index (χ3v) is 2.34. The van der Waals surface area contributed by atoms with Crippen LogP contribution in [0.1, 0.15) is 20.3 Å². The van der Waals surface area contributed by atoms with Crippen LogP contribution in [-0.2, 0) is 6.54 Å². The van der Waals surface area contributed by atoms with E-state index in [-0.39, 0.29) is 4.87 Å². The van der Waals surface area contributed by atoms with Gasteiger partial charge in [-0.05, 0) is 5.92 Å². The number of nitrogens with zero attached hydrogens (tertiary/aromatic N) is 2. The van der Waals surface area contributed by atoms with E-state index < -0.39 is 0 Å². The third-order valence-electron chi connectivity index (χ3n) is 1.73. The van der Waals surface area contributed by atoms with Crippen molar-refractivity contribution < 1.29 is 0 Å². The number of hydrogen-bond donors (Lipinski definition) is 0. The Kier molecular flexibility index (Phi) is 2.82. The van der Waals surface area contributed by atoms with Gasteiger partial charge in [-0.2, -0.15) is 5.10 Å². The van der Waals surface area contributed by atoms with Crippen molar-refractivity contribution in [3.05, 3.63) is 15.2 Å². The predicted octanol–water partition coefficient (Wildman–Crippen LogP) is 1.35. The summed E-state index contributed by atoms with van der Waals surface area (Å²) in [7, 11) is 0. The summed E-state index contributed by atoms with van der Waals surface area (Å²) in [5, 5.41) is 3.93. The number of rotatable bonds is 3. The van der Waals surface area contributed by atoms with Gasteiger partial charge >= 0.3 is 4.87 Å². The summed E-state index contributed by atoms with van der Waals surface area (Å²) < 4.78 is 1.53. The van der Waals surface area contributed by atoms with Crippen LogP contribution in [0.3, 0.4) is 0 Å². The molecule has 11 heavy (non-hydrogen) atoms. The summed E-state index contributed by atoms with van der Waals surface area (Å²) in [5.41, 5.74) is 1.59. The van der Waals surface area contributed by atoms with Crippen LogP contribution in [0.2, 0.25) is 0 Å². The van der Waals surface area contributed by atoms with Crippen LogP contribution < -0.4 is 4.87 Å². The predicted molar refractivity (Wildman–Crippen MR) is 45.8 cm³/mol. The standard InChI is InChI=1S/C7H12N2OS/c1-3-6(2)4-9-7(10)11-5-8-9/h5-6H,3-4H2,1-2H3. The molecule has 1 atom stereocenters. The lowest BCUT2D eigenvalue weighted by atomic mass is 10.1. The van der Waals surface area contributed by atoms with E-state index in [9.17, 15) is 4.79 Å². The Morgan fingerprint density at radius 3 is 3.00 bits per heavy atom. The van der Waals surface area contributed by atoms with Gasteiger partial charge in [-0.3, -0.25) is 4.79 Å². The molecule has 1 heterocycles. The Hall–Kier alpha value is -0.640. The van der Waals surface area contributed by atoms with Crippen molar-refractivity contribution >= 4 is 11.3 Å². The van der Waals surface area contributed by atoms with Gasteiger partial charge in [0.2, 0.25) is 0 Å². The van der Waals surface area contributed by atoms with Crippen molar-refractivity contribution in [2.45, 2.75) is 26.8 Å². The highest BCUT2D eigenvalue weighted by atomic mass is 32.1. The topological polar surface area (TPSA) is 34.9 Å². The minimum absolute atomic E-state index is 0.0466. The molecule has 0 amide bonds. The third kappa shape index (κ3) is 2.15. The zero-order chi connectivity index (χ0) is 8.27. The minimum atomic E-state index is 0.0466. The Labute approximate surface area is 69.7 Å². The fourth-order valence-electron chi connectivity index (χ4n) is 0.780. The van der Waals surface area contributed by atoms with Gasteiger partial charge in [0.25, 0.3) is 0 Å². The zero-order valence-corrected chi connectivity index (χ0v) is 7.60. The molecule has 1 aromatic heterocycles. The molecule has 1 rings (SSSR count). The maximum atomic E-state index is 11.0. The van der Waals surface area contributed by atoms with E-state index >= 15 is 0 Å². The van der Waals surface area contributed by atoms with E-state index in [2.05, 4.69) is 18.9 Å². The van der Waals surface area contributed by atoms with Crippen LogP contribution in [0.5, 0.6) is 0 Å². The highest BCUT2D eigenvalue weighted by Crippen LogP contribution is 2.01. The molecule has 0 radical (unpaired) electrons. The van der Waals surface area contributed by atoms with Crippen LogP contribution in [0.15, 0.2) is 10.3 Å². The summed E-state index contributed by atoms with van der Waals surface area (Å²) in [5.74, 6) is 0.537. The number of hydrogen-bond acceptors (Lipinski definition) is 3. The number of aromatic nitrogens is 2. The monoisotopic (exact) mass is 172 g/mol. The van der Waals surface area contributed by atoms with Crippen LogP contribution in [0.4, 0.5) is 0 Å². The highest BCUT2D eigenvalue weighted by Gasteiger charge is 2.02. The molecule has 62 valence electrons. The van der Waals surface area contributed by atoms with E-state index in [1.807, 2.05) is 0 Å². The molecule has 3 nitrogen and oxygen atoms in total. The van der Waals surface area contributed by atoms with Crippen LogP contribution in [-0.4, -0.2) is 9.78 Å². The Bertz CT molecular complexity index is 265. The van der Waals surface area contributed by atoms with Crippen molar-refractivity contribution in [2.24, 2.45) is 5.92 Å². The molecule has 1 aromatic rings. The first kappa shape index (κ1) is 8.46. The molecule has 0 spiro atoms. The molecule has 0 aliphatic carbocycles. The van der Waals surface area contributed by atoms with E-state index in [4.69, 9.17) is 0 Å². The molecule has 0 saturated carbocycles. The van der Waals surface area contributed by atoms with Crippen molar-refractivity contribution in [1.82, 2.24) is 9.78 Å². The van der Waals surface area contributed by atoms with Crippen molar-refractivity contribution in [3.63, 3.8) is 0 Å². The zero-order valence-electron chi connectivity index (χ0n) is 6.78. The van der Waals surface area contributed by atoms with Crippen LogP contribution in [0.25, 0.3) is 0 Å². The minimum Gasteiger partial charge on any atom is -0.255 e. The molecule has 0 aromatic carbocycles. The molecular weight excluding hydrogens is 160 g/mol.